The molecule has 0 saturated carbocycles. The van der Waals surface area contributed by atoms with Gasteiger partial charge in [0.05, 0.1) is 0 Å². The highest BCUT2D eigenvalue weighted by molar-refractivity contribution is 5.80. The molecule has 0 aromatic carbocycles. The van der Waals surface area contributed by atoms with Gasteiger partial charge in [0.1, 0.15) is 6.10 Å². The van der Waals surface area contributed by atoms with Gasteiger partial charge in [0.15, 0.2) is 0 Å². The summed E-state index contributed by atoms with van der Waals surface area (Å²) in [6.07, 6.45) is 2.82. The number of ether oxygens (including phenoxy) is 1. The van der Waals surface area contributed by atoms with Crippen LogP contribution in [0.2, 0.25) is 0 Å². The predicted octanol–water partition coefficient (Wildman–Crippen LogP) is 1.40. The largest absolute Gasteiger partial charge is 0.369 e. The summed E-state index contributed by atoms with van der Waals surface area (Å²) in [6, 6.07) is 0.395. The number of piperidine rings is 1. The Kier molecular flexibility index (Phi) is 6.52. The average molecular weight is 242 g/mol. The summed E-state index contributed by atoms with van der Waals surface area (Å²) in [4.78, 5) is 14.3. The summed E-state index contributed by atoms with van der Waals surface area (Å²) in [7, 11) is 0. The van der Waals surface area contributed by atoms with Crippen molar-refractivity contribution in [3.05, 3.63) is 0 Å². The van der Waals surface area contributed by atoms with Crippen LogP contribution in [0.4, 0.5) is 0 Å². The van der Waals surface area contributed by atoms with E-state index in [9.17, 15) is 4.79 Å². The van der Waals surface area contributed by atoms with Crippen molar-refractivity contribution in [3.63, 3.8) is 0 Å². The van der Waals surface area contributed by atoms with E-state index in [1.165, 1.54) is 0 Å². The first-order valence-corrected chi connectivity index (χ1v) is 6.83. The summed E-state index contributed by atoms with van der Waals surface area (Å²) < 4.78 is 5.41. The van der Waals surface area contributed by atoms with Crippen LogP contribution >= 0.6 is 0 Å². The Labute approximate surface area is 105 Å². The maximum absolute atomic E-state index is 12.3. The third-order valence-electron chi connectivity index (χ3n) is 3.26. The molecular weight excluding hydrogens is 216 g/mol. The molecule has 0 spiro atoms. The monoisotopic (exact) mass is 242 g/mol. The molecule has 100 valence electrons. The maximum atomic E-state index is 12.3. The van der Waals surface area contributed by atoms with E-state index in [1.807, 2.05) is 18.7 Å². The SMILES string of the molecule is CCCN(C(=O)C(C)OCC)C1CCNCC1. The zero-order valence-electron chi connectivity index (χ0n) is 11.4. The lowest BCUT2D eigenvalue weighted by molar-refractivity contribution is -0.145. The number of carbonyl (C=O) groups is 1. The van der Waals surface area contributed by atoms with Crippen molar-refractivity contribution in [2.24, 2.45) is 0 Å². The van der Waals surface area contributed by atoms with Gasteiger partial charge in [-0.3, -0.25) is 4.79 Å². The molecule has 17 heavy (non-hydrogen) atoms. The van der Waals surface area contributed by atoms with Gasteiger partial charge in [0.25, 0.3) is 5.91 Å². The van der Waals surface area contributed by atoms with Gasteiger partial charge in [-0.15, -0.1) is 0 Å². The van der Waals surface area contributed by atoms with Crippen LogP contribution in [0.25, 0.3) is 0 Å². The van der Waals surface area contributed by atoms with Crippen molar-refractivity contribution < 1.29 is 9.53 Å². The highest BCUT2D eigenvalue weighted by Gasteiger charge is 2.27. The van der Waals surface area contributed by atoms with Crippen molar-refractivity contribution in [2.45, 2.75) is 52.2 Å². The van der Waals surface area contributed by atoms with Crippen molar-refractivity contribution in [1.82, 2.24) is 10.2 Å². The van der Waals surface area contributed by atoms with E-state index in [4.69, 9.17) is 4.74 Å². The Morgan fingerprint density at radius 1 is 1.41 bits per heavy atom. The minimum Gasteiger partial charge on any atom is -0.369 e. The topological polar surface area (TPSA) is 41.6 Å². The van der Waals surface area contributed by atoms with Gasteiger partial charge in [-0.05, 0) is 46.2 Å². The number of carbonyl (C=O) groups excluding carboxylic acids is 1. The molecule has 0 aromatic rings. The van der Waals surface area contributed by atoms with Crippen LogP contribution in [0.15, 0.2) is 0 Å². The number of nitrogens with zero attached hydrogens (tertiary/aromatic N) is 1. The third kappa shape index (κ3) is 4.28. The Balaban J connectivity index is 2.59. The fourth-order valence-electron chi connectivity index (χ4n) is 2.39. The molecule has 0 radical (unpaired) electrons. The Morgan fingerprint density at radius 2 is 2.06 bits per heavy atom. The van der Waals surface area contributed by atoms with Crippen molar-refractivity contribution in [1.29, 1.82) is 0 Å². The van der Waals surface area contributed by atoms with E-state index < -0.39 is 0 Å². The van der Waals surface area contributed by atoms with E-state index in [2.05, 4.69) is 12.2 Å². The molecule has 1 aliphatic rings. The van der Waals surface area contributed by atoms with Gasteiger partial charge < -0.3 is 15.0 Å². The Hall–Kier alpha value is -0.610. The average Bonchev–Trinajstić information content (AvgIpc) is 2.36. The summed E-state index contributed by atoms with van der Waals surface area (Å²) in [5, 5.41) is 3.34. The second-order valence-corrected chi connectivity index (χ2v) is 4.61. The smallest absolute Gasteiger partial charge is 0.251 e. The number of rotatable bonds is 6. The molecule has 1 unspecified atom stereocenters. The second-order valence-electron chi connectivity index (χ2n) is 4.61. The minimum absolute atomic E-state index is 0.153. The normalized spacial score (nSPS) is 19.0. The lowest BCUT2D eigenvalue weighted by atomic mass is 10.0. The molecule has 1 rings (SSSR count). The van der Waals surface area contributed by atoms with Crippen LogP contribution in [-0.4, -0.2) is 49.2 Å². The van der Waals surface area contributed by atoms with Gasteiger partial charge in [-0.2, -0.15) is 0 Å². The van der Waals surface area contributed by atoms with Gasteiger partial charge in [0.2, 0.25) is 0 Å². The fraction of sp³-hybridized carbons (Fsp3) is 0.923. The second kappa shape index (κ2) is 7.67. The van der Waals surface area contributed by atoms with Gasteiger partial charge in [-0.1, -0.05) is 6.92 Å². The van der Waals surface area contributed by atoms with E-state index in [0.717, 1.165) is 38.9 Å². The molecule has 1 N–H and O–H groups in total. The van der Waals surface area contributed by atoms with Gasteiger partial charge >= 0.3 is 0 Å². The molecule has 1 atom stereocenters. The van der Waals surface area contributed by atoms with Crippen LogP contribution in [-0.2, 0) is 9.53 Å². The van der Waals surface area contributed by atoms with Crippen LogP contribution < -0.4 is 5.32 Å². The summed E-state index contributed by atoms with van der Waals surface area (Å²) >= 11 is 0. The first kappa shape index (κ1) is 14.5. The molecule has 0 bridgehead atoms. The van der Waals surface area contributed by atoms with Crippen molar-refractivity contribution >= 4 is 5.91 Å². The van der Waals surface area contributed by atoms with Gasteiger partial charge in [-0.25, -0.2) is 0 Å². The Morgan fingerprint density at radius 3 is 2.59 bits per heavy atom. The van der Waals surface area contributed by atoms with E-state index in [1.54, 1.807) is 0 Å². The zero-order valence-corrected chi connectivity index (χ0v) is 11.4. The minimum atomic E-state index is -0.304. The predicted molar refractivity (Wildman–Crippen MR) is 69.0 cm³/mol. The number of hydrogen-bond donors (Lipinski definition) is 1. The molecule has 0 aliphatic carbocycles. The first-order valence-electron chi connectivity index (χ1n) is 6.83. The van der Waals surface area contributed by atoms with E-state index in [0.29, 0.717) is 12.6 Å². The van der Waals surface area contributed by atoms with E-state index in [-0.39, 0.29) is 12.0 Å². The maximum Gasteiger partial charge on any atom is 0.251 e. The number of amides is 1. The van der Waals surface area contributed by atoms with Crippen LogP contribution in [0.3, 0.4) is 0 Å². The van der Waals surface area contributed by atoms with Gasteiger partial charge in [0, 0.05) is 19.2 Å². The van der Waals surface area contributed by atoms with Crippen LogP contribution in [0.1, 0.15) is 40.0 Å². The summed E-state index contributed by atoms with van der Waals surface area (Å²) in [5.74, 6) is 0.153. The van der Waals surface area contributed by atoms with Crippen molar-refractivity contribution in [2.75, 3.05) is 26.2 Å². The van der Waals surface area contributed by atoms with Crippen LogP contribution in [0.5, 0.6) is 0 Å². The lowest BCUT2D eigenvalue weighted by Crippen LogP contribution is -2.49. The molecule has 0 aromatic heterocycles. The number of nitrogens with one attached hydrogen (secondary N) is 1. The quantitative estimate of drug-likeness (QED) is 0.765. The molecule has 4 nitrogen and oxygen atoms in total. The summed E-state index contributed by atoms with van der Waals surface area (Å²) in [6.45, 7) is 9.38. The third-order valence-corrected chi connectivity index (χ3v) is 3.26. The molecule has 1 amide bonds. The van der Waals surface area contributed by atoms with Crippen LogP contribution in [0, 0.1) is 0 Å². The molecule has 4 heteroatoms. The van der Waals surface area contributed by atoms with Crippen molar-refractivity contribution in [3.8, 4) is 0 Å². The van der Waals surface area contributed by atoms with E-state index >= 15 is 0 Å². The molecule has 1 fully saturated rings. The Bertz CT molecular complexity index is 227. The summed E-state index contributed by atoms with van der Waals surface area (Å²) in [5.41, 5.74) is 0. The lowest BCUT2D eigenvalue weighted by Gasteiger charge is -2.36. The molecule has 1 heterocycles. The highest BCUT2D eigenvalue weighted by atomic mass is 16.5. The highest BCUT2D eigenvalue weighted by Crippen LogP contribution is 2.14. The zero-order chi connectivity index (χ0) is 12.7. The standard InChI is InChI=1S/C13H26N2O2/c1-4-10-15(12-6-8-14-9-7-12)13(16)11(3)17-5-2/h11-12,14H,4-10H2,1-3H3. The molecule has 1 aliphatic heterocycles. The fourth-order valence-corrected chi connectivity index (χ4v) is 2.39. The number of hydrogen-bond acceptors (Lipinski definition) is 3. The molecule has 1 saturated heterocycles. The first-order chi connectivity index (χ1) is 8.20. The molecular formula is C13H26N2O2.